The van der Waals surface area contributed by atoms with E-state index in [0.717, 1.165) is 23.7 Å². The third-order valence-electron chi connectivity index (χ3n) is 5.07. The minimum atomic E-state index is 0.921. The van der Waals surface area contributed by atoms with Gasteiger partial charge in [0.2, 0.25) is 0 Å². The molecule has 0 spiro atoms. The van der Waals surface area contributed by atoms with Crippen molar-refractivity contribution in [1.82, 2.24) is 0 Å². The van der Waals surface area contributed by atoms with Crippen molar-refractivity contribution in [3.63, 3.8) is 0 Å². The van der Waals surface area contributed by atoms with Crippen LogP contribution >= 0.6 is 0 Å². The molecule has 2 aliphatic rings. The highest BCUT2D eigenvalue weighted by atomic mass is 14.3. The van der Waals surface area contributed by atoms with Gasteiger partial charge >= 0.3 is 0 Å². The predicted molar refractivity (Wildman–Crippen MR) is 66.9 cm³/mol. The molecule has 0 aromatic heterocycles. The van der Waals surface area contributed by atoms with Crippen LogP contribution in [0.2, 0.25) is 0 Å². The second kappa shape index (κ2) is 5.37. The average Bonchev–Trinajstić information content (AvgIpc) is 2.18. The van der Waals surface area contributed by atoms with E-state index in [-0.39, 0.29) is 0 Å². The normalized spacial score (nSPS) is 38.2. The molecule has 3 atom stereocenters. The van der Waals surface area contributed by atoms with Crippen molar-refractivity contribution < 1.29 is 0 Å². The van der Waals surface area contributed by atoms with E-state index in [1.54, 1.807) is 25.7 Å². The lowest BCUT2D eigenvalue weighted by molar-refractivity contribution is 0.159. The first-order valence-electron chi connectivity index (χ1n) is 7.27. The second-order valence-electron chi connectivity index (χ2n) is 6.32. The van der Waals surface area contributed by atoms with Crippen molar-refractivity contribution >= 4 is 0 Å². The minimum absolute atomic E-state index is 0.921. The number of hydrogen-bond donors (Lipinski definition) is 0. The van der Waals surface area contributed by atoms with Crippen molar-refractivity contribution in [3.8, 4) is 0 Å². The first kappa shape index (κ1) is 11.5. The van der Waals surface area contributed by atoms with Gasteiger partial charge in [0, 0.05) is 0 Å². The molecule has 2 rings (SSSR count). The Labute approximate surface area is 95.8 Å². The van der Waals surface area contributed by atoms with E-state index >= 15 is 0 Å². The van der Waals surface area contributed by atoms with E-state index in [0.29, 0.717) is 0 Å². The lowest BCUT2D eigenvalue weighted by Gasteiger charge is -2.36. The Hall–Kier alpha value is 0. The average molecular weight is 208 g/mol. The van der Waals surface area contributed by atoms with Gasteiger partial charge in [-0.2, -0.15) is 0 Å². The van der Waals surface area contributed by atoms with E-state index in [2.05, 4.69) is 13.8 Å². The highest BCUT2D eigenvalue weighted by Crippen LogP contribution is 2.40. The zero-order valence-electron chi connectivity index (χ0n) is 10.7. The van der Waals surface area contributed by atoms with Crippen LogP contribution < -0.4 is 0 Å². The molecule has 0 bridgehead atoms. The number of fused-ring (bicyclic) bond motifs is 1. The molecule has 0 aromatic rings. The van der Waals surface area contributed by atoms with Gasteiger partial charge in [0.15, 0.2) is 0 Å². The molecule has 0 aliphatic heterocycles. The summed E-state index contributed by atoms with van der Waals surface area (Å²) in [4.78, 5) is 0. The first-order chi connectivity index (χ1) is 7.27. The van der Waals surface area contributed by atoms with Gasteiger partial charge in [0.1, 0.15) is 0 Å². The lowest BCUT2D eigenvalue weighted by Crippen LogP contribution is -2.24. The summed E-state index contributed by atoms with van der Waals surface area (Å²) >= 11 is 0. The Bertz CT molecular complexity index is 182. The molecular weight excluding hydrogens is 180 g/mol. The maximum Gasteiger partial charge on any atom is -0.0386 e. The standard InChI is InChI=1S/C15H28/c1-12(2)13-8-5-9-14-6-3-4-7-15(14)11-10-13/h12-15H,3-11H2,1-2H3/t13?,14-,15+/m0/s1. The third-order valence-corrected chi connectivity index (χ3v) is 5.07. The fourth-order valence-corrected chi connectivity index (χ4v) is 3.93. The Balaban J connectivity index is 1.89. The summed E-state index contributed by atoms with van der Waals surface area (Å²) in [6.45, 7) is 4.84. The molecule has 0 radical (unpaired) electrons. The zero-order chi connectivity index (χ0) is 10.7. The van der Waals surface area contributed by atoms with Crippen LogP contribution in [0.3, 0.4) is 0 Å². The van der Waals surface area contributed by atoms with Gasteiger partial charge < -0.3 is 0 Å². The van der Waals surface area contributed by atoms with Gasteiger partial charge in [0.05, 0.1) is 0 Å². The maximum absolute atomic E-state index is 2.42. The van der Waals surface area contributed by atoms with Crippen LogP contribution in [0.5, 0.6) is 0 Å². The molecule has 88 valence electrons. The van der Waals surface area contributed by atoms with Gasteiger partial charge in [-0.3, -0.25) is 0 Å². The summed E-state index contributed by atoms with van der Waals surface area (Å²) in [7, 11) is 0. The highest BCUT2D eigenvalue weighted by molar-refractivity contribution is 4.79. The quantitative estimate of drug-likeness (QED) is 0.567. The molecule has 0 N–H and O–H groups in total. The van der Waals surface area contributed by atoms with Crippen LogP contribution in [0, 0.1) is 23.7 Å². The SMILES string of the molecule is CC(C)C1CCC[C@@H]2CCCC[C@@H]2CC1. The van der Waals surface area contributed by atoms with E-state index < -0.39 is 0 Å². The lowest BCUT2D eigenvalue weighted by atomic mass is 9.70. The van der Waals surface area contributed by atoms with Crippen molar-refractivity contribution in [3.05, 3.63) is 0 Å². The van der Waals surface area contributed by atoms with E-state index in [1.807, 2.05) is 0 Å². The Morgan fingerprint density at radius 3 is 1.93 bits per heavy atom. The molecule has 1 unspecified atom stereocenters. The summed E-state index contributed by atoms with van der Waals surface area (Å²) in [6.07, 6.45) is 13.8. The van der Waals surface area contributed by atoms with E-state index in [9.17, 15) is 0 Å². The van der Waals surface area contributed by atoms with Gasteiger partial charge in [-0.15, -0.1) is 0 Å². The summed E-state index contributed by atoms with van der Waals surface area (Å²) in [5.74, 6) is 4.19. The minimum Gasteiger partial charge on any atom is -0.0625 e. The van der Waals surface area contributed by atoms with Crippen molar-refractivity contribution in [2.24, 2.45) is 23.7 Å². The van der Waals surface area contributed by atoms with Crippen molar-refractivity contribution in [2.75, 3.05) is 0 Å². The first-order valence-corrected chi connectivity index (χ1v) is 7.27. The molecule has 0 heterocycles. The van der Waals surface area contributed by atoms with Gasteiger partial charge in [-0.05, 0) is 36.5 Å². The molecule has 0 amide bonds. The molecule has 0 saturated heterocycles. The molecule has 2 fully saturated rings. The topological polar surface area (TPSA) is 0 Å². The molecule has 2 aliphatic carbocycles. The summed E-state index contributed by atoms with van der Waals surface area (Å²) in [5, 5.41) is 0. The van der Waals surface area contributed by atoms with Gasteiger partial charge in [-0.1, -0.05) is 58.8 Å². The van der Waals surface area contributed by atoms with Crippen LogP contribution in [-0.4, -0.2) is 0 Å². The van der Waals surface area contributed by atoms with Crippen LogP contribution in [-0.2, 0) is 0 Å². The van der Waals surface area contributed by atoms with Gasteiger partial charge in [-0.25, -0.2) is 0 Å². The second-order valence-corrected chi connectivity index (χ2v) is 6.32. The number of hydrogen-bond acceptors (Lipinski definition) is 0. The van der Waals surface area contributed by atoms with Crippen molar-refractivity contribution in [2.45, 2.75) is 71.6 Å². The molecule has 0 aromatic carbocycles. The Kier molecular flexibility index (Phi) is 4.11. The smallest absolute Gasteiger partial charge is 0.0386 e. The molecule has 0 nitrogen and oxygen atoms in total. The van der Waals surface area contributed by atoms with Gasteiger partial charge in [0.25, 0.3) is 0 Å². The maximum atomic E-state index is 2.42. The summed E-state index contributed by atoms with van der Waals surface area (Å²) < 4.78 is 0. The monoisotopic (exact) mass is 208 g/mol. The number of rotatable bonds is 1. The Morgan fingerprint density at radius 1 is 0.667 bits per heavy atom. The Morgan fingerprint density at radius 2 is 1.27 bits per heavy atom. The fraction of sp³-hybridized carbons (Fsp3) is 1.00. The van der Waals surface area contributed by atoms with E-state index in [4.69, 9.17) is 0 Å². The predicted octanol–water partition coefficient (Wildman–Crippen LogP) is 5.03. The van der Waals surface area contributed by atoms with Crippen LogP contribution in [0.15, 0.2) is 0 Å². The summed E-state index contributed by atoms with van der Waals surface area (Å²) in [6, 6.07) is 0. The van der Waals surface area contributed by atoms with Crippen LogP contribution in [0.4, 0.5) is 0 Å². The highest BCUT2D eigenvalue weighted by Gasteiger charge is 2.28. The van der Waals surface area contributed by atoms with Crippen LogP contribution in [0.1, 0.15) is 71.6 Å². The van der Waals surface area contributed by atoms with Crippen molar-refractivity contribution in [1.29, 1.82) is 0 Å². The molecule has 0 heteroatoms. The molecule has 2 saturated carbocycles. The van der Waals surface area contributed by atoms with E-state index in [1.165, 1.54) is 32.1 Å². The zero-order valence-corrected chi connectivity index (χ0v) is 10.7. The molecule has 15 heavy (non-hydrogen) atoms. The third kappa shape index (κ3) is 2.98. The molecular formula is C15H28. The summed E-state index contributed by atoms with van der Waals surface area (Å²) in [5.41, 5.74) is 0. The van der Waals surface area contributed by atoms with Crippen LogP contribution in [0.25, 0.3) is 0 Å². The fourth-order valence-electron chi connectivity index (χ4n) is 3.93. The largest absolute Gasteiger partial charge is 0.0625 e.